The van der Waals surface area contributed by atoms with Crippen LogP contribution in [-0.2, 0) is 6.54 Å². The van der Waals surface area contributed by atoms with Gasteiger partial charge in [0.15, 0.2) is 0 Å². The Morgan fingerprint density at radius 1 is 1.41 bits per heavy atom. The fraction of sp³-hybridized carbons (Fsp3) is 0.643. The maximum atomic E-state index is 12.0. The first-order valence-corrected chi connectivity index (χ1v) is 6.74. The van der Waals surface area contributed by atoms with Crippen molar-refractivity contribution in [3.8, 4) is 0 Å². The summed E-state index contributed by atoms with van der Waals surface area (Å²) in [5, 5.41) is 3.07. The van der Waals surface area contributed by atoms with Gasteiger partial charge in [-0.1, -0.05) is 19.3 Å². The van der Waals surface area contributed by atoms with Crippen LogP contribution in [0, 0.1) is 5.92 Å². The van der Waals surface area contributed by atoms with E-state index in [4.69, 9.17) is 0 Å². The lowest BCUT2D eigenvalue weighted by Crippen LogP contribution is -2.31. The highest BCUT2D eigenvalue weighted by molar-refractivity contribution is 5.92. The highest BCUT2D eigenvalue weighted by Gasteiger charge is 2.15. The summed E-state index contributed by atoms with van der Waals surface area (Å²) < 4.78 is 1.98. The van der Waals surface area contributed by atoms with Gasteiger partial charge in [0, 0.05) is 19.3 Å². The molecule has 1 saturated carbocycles. The SMILES string of the molecule is CCn1cccc1C(=O)NCC1CCCCC1. The fourth-order valence-corrected chi connectivity index (χ4v) is 2.61. The molecule has 94 valence electrons. The van der Waals surface area contributed by atoms with E-state index in [-0.39, 0.29) is 5.91 Å². The second-order valence-corrected chi connectivity index (χ2v) is 4.89. The summed E-state index contributed by atoms with van der Waals surface area (Å²) in [5.41, 5.74) is 0.781. The number of nitrogens with zero attached hydrogens (tertiary/aromatic N) is 1. The summed E-state index contributed by atoms with van der Waals surface area (Å²) in [6, 6.07) is 3.82. The van der Waals surface area contributed by atoms with Crippen molar-refractivity contribution in [3.05, 3.63) is 24.0 Å². The van der Waals surface area contributed by atoms with Gasteiger partial charge in [0.25, 0.3) is 5.91 Å². The number of hydrogen-bond donors (Lipinski definition) is 1. The molecule has 1 aliphatic rings. The first-order valence-electron chi connectivity index (χ1n) is 6.74. The standard InChI is InChI=1S/C14H22N2O/c1-2-16-10-6-9-13(16)14(17)15-11-12-7-4-3-5-8-12/h6,9-10,12H,2-5,7-8,11H2,1H3,(H,15,17). The van der Waals surface area contributed by atoms with Gasteiger partial charge in [-0.3, -0.25) is 4.79 Å². The minimum atomic E-state index is 0.0717. The molecule has 0 radical (unpaired) electrons. The Hall–Kier alpha value is -1.25. The smallest absolute Gasteiger partial charge is 0.267 e. The predicted molar refractivity (Wildman–Crippen MR) is 69.0 cm³/mol. The molecule has 0 atom stereocenters. The molecule has 2 rings (SSSR count). The summed E-state index contributed by atoms with van der Waals surface area (Å²) in [6.07, 6.45) is 8.51. The van der Waals surface area contributed by atoms with Crippen LogP contribution in [0.4, 0.5) is 0 Å². The molecule has 1 aromatic heterocycles. The normalized spacial score (nSPS) is 17.0. The summed E-state index contributed by atoms with van der Waals surface area (Å²) in [5.74, 6) is 0.764. The van der Waals surface area contributed by atoms with Crippen LogP contribution in [-0.4, -0.2) is 17.0 Å². The van der Waals surface area contributed by atoms with Crippen molar-refractivity contribution in [2.24, 2.45) is 5.92 Å². The summed E-state index contributed by atoms with van der Waals surface area (Å²) >= 11 is 0. The first-order chi connectivity index (χ1) is 8.31. The van der Waals surface area contributed by atoms with Gasteiger partial charge >= 0.3 is 0 Å². The average molecular weight is 234 g/mol. The van der Waals surface area contributed by atoms with E-state index in [1.807, 2.05) is 22.9 Å². The third kappa shape index (κ3) is 3.11. The molecular formula is C14H22N2O. The summed E-state index contributed by atoms with van der Waals surface area (Å²) in [4.78, 5) is 12.0. The second-order valence-electron chi connectivity index (χ2n) is 4.89. The fourth-order valence-electron chi connectivity index (χ4n) is 2.61. The van der Waals surface area contributed by atoms with Crippen molar-refractivity contribution in [2.45, 2.75) is 45.6 Å². The van der Waals surface area contributed by atoms with Crippen LogP contribution in [0.1, 0.15) is 49.5 Å². The second kappa shape index (κ2) is 5.89. The molecular weight excluding hydrogens is 212 g/mol. The van der Waals surface area contributed by atoms with Crippen LogP contribution in [0.5, 0.6) is 0 Å². The van der Waals surface area contributed by atoms with Crippen molar-refractivity contribution in [1.82, 2.24) is 9.88 Å². The van der Waals surface area contributed by atoms with E-state index in [0.29, 0.717) is 5.92 Å². The zero-order valence-electron chi connectivity index (χ0n) is 10.6. The van der Waals surface area contributed by atoms with Crippen molar-refractivity contribution < 1.29 is 4.79 Å². The minimum Gasteiger partial charge on any atom is -0.350 e. The Bertz CT molecular complexity index is 364. The third-order valence-electron chi connectivity index (χ3n) is 3.68. The summed E-state index contributed by atoms with van der Waals surface area (Å²) in [6.45, 7) is 3.74. The van der Waals surface area contributed by atoms with Crippen LogP contribution in [0.3, 0.4) is 0 Å². The van der Waals surface area contributed by atoms with Gasteiger partial charge in [0.2, 0.25) is 0 Å². The lowest BCUT2D eigenvalue weighted by Gasteiger charge is -2.21. The monoisotopic (exact) mass is 234 g/mol. The highest BCUT2D eigenvalue weighted by Crippen LogP contribution is 2.22. The Labute approximate surface area is 103 Å². The molecule has 0 saturated heterocycles. The molecule has 1 N–H and O–H groups in total. The van der Waals surface area contributed by atoms with Gasteiger partial charge in [0.05, 0.1) is 0 Å². The quantitative estimate of drug-likeness (QED) is 0.854. The molecule has 0 spiro atoms. The Morgan fingerprint density at radius 3 is 2.88 bits per heavy atom. The van der Waals surface area contributed by atoms with E-state index in [1.165, 1.54) is 32.1 Å². The lowest BCUT2D eigenvalue weighted by atomic mass is 9.89. The molecule has 0 bridgehead atoms. The maximum Gasteiger partial charge on any atom is 0.267 e. The van der Waals surface area contributed by atoms with Crippen LogP contribution in [0.15, 0.2) is 18.3 Å². The predicted octanol–water partition coefficient (Wildman–Crippen LogP) is 2.82. The molecule has 0 unspecified atom stereocenters. The number of amides is 1. The average Bonchev–Trinajstić information content (AvgIpc) is 2.85. The van der Waals surface area contributed by atoms with E-state index in [0.717, 1.165) is 18.8 Å². The molecule has 1 heterocycles. The van der Waals surface area contributed by atoms with Crippen molar-refractivity contribution in [3.63, 3.8) is 0 Å². The Kier molecular flexibility index (Phi) is 4.24. The van der Waals surface area contributed by atoms with Crippen molar-refractivity contribution in [1.29, 1.82) is 0 Å². The van der Waals surface area contributed by atoms with E-state index >= 15 is 0 Å². The molecule has 0 aromatic carbocycles. The number of carbonyl (C=O) groups excluding carboxylic acids is 1. The molecule has 17 heavy (non-hydrogen) atoms. The number of aryl methyl sites for hydroxylation is 1. The number of aromatic nitrogens is 1. The van der Waals surface area contributed by atoms with Crippen molar-refractivity contribution >= 4 is 5.91 Å². The van der Waals surface area contributed by atoms with Crippen LogP contribution in [0.25, 0.3) is 0 Å². The van der Waals surface area contributed by atoms with E-state index in [1.54, 1.807) is 0 Å². The Morgan fingerprint density at radius 2 is 2.18 bits per heavy atom. The largest absolute Gasteiger partial charge is 0.350 e. The molecule has 0 aliphatic heterocycles. The molecule has 3 heteroatoms. The molecule has 1 aliphatic carbocycles. The number of hydrogen-bond acceptors (Lipinski definition) is 1. The maximum absolute atomic E-state index is 12.0. The molecule has 1 amide bonds. The van der Waals surface area contributed by atoms with Gasteiger partial charge < -0.3 is 9.88 Å². The van der Waals surface area contributed by atoms with Crippen molar-refractivity contribution in [2.75, 3.05) is 6.54 Å². The van der Waals surface area contributed by atoms with Crippen LogP contribution >= 0.6 is 0 Å². The van der Waals surface area contributed by atoms with E-state index in [9.17, 15) is 4.79 Å². The number of rotatable bonds is 4. The van der Waals surface area contributed by atoms with E-state index < -0.39 is 0 Å². The molecule has 3 nitrogen and oxygen atoms in total. The van der Waals surface area contributed by atoms with Gasteiger partial charge in [-0.05, 0) is 37.8 Å². The first kappa shape index (κ1) is 12.2. The number of carbonyl (C=O) groups is 1. The van der Waals surface area contributed by atoms with Gasteiger partial charge in [-0.2, -0.15) is 0 Å². The topological polar surface area (TPSA) is 34.0 Å². The lowest BCUT2D eigenvalue weighted by molar-refractivity contribution is 0.0934. The third-order valence-corrected chi connectivity index (χ3v) is 3.68. The zero-order chi connectivity index (χ0) is 12.1. The zero-order valence-corrected chi connectivity index (χ0v) is 10.6. The van der Waals surface area contributed by atoms with E-state index in [2.05, 4.69) is 12.2 Å². The van der Waals surface area contributed by atoms with Gasteiger partial charge in [0.1, 0.15) is 5.69 Å². The molecule has 1 aromatic rings. The van der Waals surface area contributed by atoms with Crippen LogP contribution in [0.2, 0.25) is 0 Å². The summed E-state index contributed by atoms with van der Waals surface area (Å²) in [7, 11) is 0. The van der Waals surface area contributed by atoms with Gasteiger partial charge in [-0.15, -0.1) is 0 Å². The minimum absolute atomic E-state index is 0.0717. The highest BCUT2D eigenvalue weighted by atomic mass is 16.1. The molecule has 1 fully saturated rings. The number of nitrogens with one attached hydrogen (secondary N) is 1. The Balaban J connectivity index is 1.84. The van der Waals surface area contributed by atoms with Crippen LogP contribution < -0.4 is 5.32 Å². The van der Waals surface area contributed by atoms with Gasteiger partial charge in [-0.25, -0.2) is 0 Å².